The molecule has 5 heteroatoms. The Morgan fingerprint density at radius 1 is 1.50 bits per heavy atom. The molecule has 3 nitrogen and oxygen atoms in total. The molecule has 0 aromatic carbocycles. The van der Waals surface area contributed by atoms with Crippen LogP contribution in [0.3, 0.4) is 0 Å². The van der Waals surface area contributed by atoms with Crippen LogP contribution in [0.25, 0.3) is 11.3 Å². The van der Waals surface area contributed by atoms with Gasteiger partial charge >= 0.3 is 5.97 Å². The predicted octanol–water partition coefficient (Wildman–Crippen LogP) is 2.80. The first-order valence-corrected chi connectivity index (χ1v) is 5.73. The molecule has 2 rings (SSSR count). The summed E-state index contributed by atoms with van der Waals surface area (Å²) in [6.45, 7) is 1.39. The van der Waals surface area contributed by atoms with E-state index in [9.17, 15) is 4.79 Å². The lowest BCUT2D eigenvalue weighted by atomic mass is 10.3. The summed E-state index contributed by atoms with van der Waals surface area (Å²) in [7, 11) is 0. The first-order valence-electron chi connectivity index (χ1n) is 3.91. The highest BCUT2D eigenvalue weighted by molar-refractivity contribution is 7.12. The third-order valence-electron chi connectivity index (χ3n) is 1.55. The number of thiophene rings is 1. The number of nitrogens with zero attached hydrogens (tertiary/aromatic N) is 1. The minimum absolute atomic E-state index is 0.295. The molecular formula is C9H7NO2S2. The fourth-order valence-electron chi connectivity index (χ4n) is 1.00. The van der Waals surface area contributed by atoms with Crippen molar-refractivity contribution >= 4 is 28.6 Å². The van der Waals surface area contributed by atoms with Crippen LogP contribution >= 0.6 is 22.7 Å². The zero-order valence-corrected chi connectivity index (χ0v) is 9.02. The lowest BCUT2D eigenvalue weighted by Crippen LogP contribution is -1.98. The van der Waals surface area contributed by atoms with Crippen molar-refractivity contribution in [2.75, 3.05) is 0 Å². The smallest absolute Gasteiger partial charge is 0.308 e. The van der Waals surface area contributed by atoms with E-state index in [0.29, 0.717) is 5.06 Å². The normalized spacial score (nSPS) is 10.1. The summed E-state index contributed by atoms with van der Waals surface area (Å²) in [5, 5.41) is 4.49. The molecule has 72 valence electrons. The van der Waals surface area contributed by atoms with E-state index in [1.165, 1.54) is 18.3 Å². The van der Waals surface area contributed by atoms with Crippen molar-refractivity contribution in [3.05, 3.63) is 22.3 Å². The monoisotopic (exact) mass is 225 g/mol. The van der Waals surface area contributed by atoms with E-state index in [-0.39, 0.29) is 5.97 Å². The van der Waals surface area contributed by atoms with E-state index in [0.717, 1.165) is 11.3 Å². The summed E-state index contributed by atoms with van der Waals surface area (Å²) in [5.41, 5.74) is 3.69. The Hall–Kier alpha value is -1.20. The van der Waals surface area contributed by atoms with Crippen LogP contribution in [0.15, 0.2) is 22.3 Å². The van der Waals surface area contributed by atoms with Gasteiger partial charge in [0.1, 0.15) is 0 Å². The lowest BCUT2D eigenvalue weighted by Gasteiger charge is -1.93. The molecule has 0 amide bonds. The van der Waals surface area contributed by atoms with Crippen molar-refractivity contribution in [1.82, 2.24) is 4.98 Å². The average Bonchev–Trinajstić information content (AvgIpc) is 2.69. The molecule has 0 unspecified atom stereocenters. The summed E-state index contributed by atoms with van der Waals surface area (Å²) in [6, 6.07) is 1.82. The molecule has 0 atom stereocenters. The van der Waals surface area contributed by atoms with Gasteiger partial charge in [-0.1, -0.05) is 0 Å². The highest BCUT2D eigenvalue weighted by atomic mass is 32.1. The van der Waals surface area contributed by atoms with Crippen molar-refractivity contribution in [3.8, 4) is 16.3 Å². The summed E-state index contributed by atoms with van der Waals surface area (Å²) in [4.78, 5) is 14.8. The third-order valence-corrected chi connectivity index (χ3v) is 2.94. The van der Waals surface area contributed by atoms with Gasteiger partial charge in [-0.2, -0.15) is 0 Å². The molecule has 0 aliphatic carbocycles. The quantitative estimate of drug-likeness (QED) is 0.738. The molecular weight excluding hydrogens is 218 g/mol. The molecule has 0 spiro atoms. The molecule has 0 aliphatic rings. The van der Waals surface area contributed by atoms with Gasteiger partial charge < -0.3 is 4.74 Å². The van der Waals surface area contributed by atoms with Gasteiger partial charge in [0.2, 0.25) is 0 Å². The largest absolute Gasteiger partial charge is 0.416 e. The van der Waals surface area contributed by atoms with E-state index in [1.807, 2.05) is 16.8 Å². The Kier molecular flexibility index (Phi) is 2.60. The standard InChI is InChI=1S/C9H7NO2S2/c1-6(11)12-9-2-7(3-14-9)8-4-13-5-10-8/h2-5H,1H3. The maximum atomic E-state index is 10.7. The Bertz CT molecular complexity index is 433. The second kappa shape index (κ2) is 3.89. The Labute approximate surface area is 89.0 Å². The Morgan fingerprint density at radius 3 is 3.00 bits per heavy atom. The van der Waals surface area contributed by atoms with Crippen LogP contribution in [0.5, 0.6) is 5.06 Å². The summed E-state index contributed by atoms with van der Waals surface area (Å²) in [5.74, 6) is -0.295. The van der Waals surface area contributed by atoms with E-state index >= 15 is 0 Å². The molecule has 0 radical (unpaired) electrons. The van der Waals surface area contributed by atoms with Crippen LogP contribution in [0, 0.1) is 0 Å². The van der Waals surface area contributed by atoms with Crippen LogP contribution in [-0.4, -0.2) is 11.0 Å². The van der Waals surface area contributed by atoms with Gasteiger partial charge in [0, 0.05) is 29.3 Å². The van der Waals surface area contributed by atoms with Gasteiger partial charge in [-0.15, -0.1) is 22.7 Å². The zero-order valence-electron chi connectivity index (χ0n) is 7.39. The number of esters is 1. The number of carbonyl (C=O) groups is 1. The number of ether oxygens (including phenoxy) is 1. The molecule has 0 N–H and O–H groups in total. The zero-order chi connectivity index (χ0) is 9.97. The Balaban J connectivity index is 2.22. The van der Waals surface area contributed by atoms with Crippen LogP contribution < -0.4 is 4.74 Å². The topological polar surface area (TPSA) is 39.2 Å². The molecule has 0 saturated carbocycles. The van der Waals surface area contributed by atoms with Crippen molar-refractivity contribution in [2.45, 2.75) is 6.92 Å². The van der Waals surface area contributed by atoms with Gasteiger partial charge in [0.05, 0.1) is 11.2 Å². The van der Waals surface area contributed by atoms with E-state index in [2.05, 4.69) is 4.98 Å². The maximum absolute atomic E-state index is 10.7. The summed E-state index contributed by atoms with van der Waals surface area (Å²) < 4.78 is 4.95. The number of hydrogen-bond acceptors (Lipinski definition) is 5. The molecule has 14 heavy (non-hydrogen) atoms. The fourth-order valence-corrected chi connectivity index (χ4v) is 2.35. The van der Waals surface area contributed by atoms with Crippen LogP contribution in [0.2, 0.25) is 0 Å². The second-order valence-corrected chi connectivity index (χ2v) is 4.21. The van der Waals surface area contributed by atoms with Crippen LogP contribution in [0.4, 0.5) is 0 Å². The van der Waals surface area contributed by atoms with Crippen molar-refractivity contribution < 1.29 is 9.53 Å². The fraction of sp³-hybridized carbons (Fsp3) is 0.111. The van der Waals surface area contributed by atoms with Crippen molar-refractivity contribution in [1.29, 1.82) is 0 Å². The summed E-state index contributed by atoms with van der Waals surface area (Å²) in [6.07, 6.45) is 0. The molecule has 2 heterocycles. The molecule has 0 bridgehead atoms. The van der Waals surface area contributed by atoms with E-state index in [4.69, 9.17) is 4.74 Å². The summed E-state index contributed by atoms with van der Waals surface area (Å²) >= 11 is 2.94. The molecule has 0 fully saturated rings. The van der Waals surface area contributed by atoms with Gasteiger partial charge in [-0.25, -0.2) is 4.98 Å². The molecule has 2 aromatic rings. The minimum Gasteiger partial charge on any atom is -0.416 e. The van der Waals surface area contributed by atoms with Gasteiger partial charge in [-0.3, -0.25) is 4.79 Å². The number of rotatable bonds is 2. The van der Waals surface area contributed by atoms with Crippen LogP contribution in [-0.2, 0) is 4.79 Å². The van der Waals surface area contributed by atoms with E-state index in [1.54, 1.807) is 16.8 Å². The number of carbonyl (C=O) groups excluding carboxylic acids is 1. The second-order valence-electron chi connectivity index (χ2n) is 2.62. The van der Waals surface area contributed by atoms with E-state index < -0.39 is 0 Å². The Morgan fingerprint density at radius 2 is 2.36 bits per heavy atom. The first-order chi connectivity index (χ1) is 6.75. The predicted molar refractivity (Wildman–Crippen MR) is 56.7 cm³/mol. The number of aromatic nitrogens is 1. The first kappa shape index (κ1) is 9.36. The number of hydrogen-bond donors (Lipinski definition) is 0. The molecule has 0 saturated heterocycles. The molecule has 2 aromatic heterocycles. The lowest BCUT2D eigenvalue weighted by molar-refractivity contribution is -0.131. The highest BCUT2D eigenvalue weighted by Gasteiger charge is 2.06. The maximum Gasteiger partial charge on any atom is 0.308 e. The third kappa shape index (κ3) is 2.00. The van der Waals surface area contributed by atoms with Crippen molar-refractivity contribution in [3.63, 3.8) is 0 Å². The average molecular weight is 225 g/mol. The minimum atomic E-state index is -0.295. The number of thiazole rings is 1. The highest BCUT2D eigenvalue weighted by Crippen LogP contribution is 2.30. The van der Waals surface area contributed by atoms with Gasteiger partial charge in [0.15, 0.2) is 5.06 Å². The van der Waals surface area contributed by atoms with Gasteiger partial charge in [-0.05, 0) is 0 Å². The van der Waals surface area contributed by atoms with Crippen LogP contribution in [0.1, 0.15) is 6.92 Å². The van der Waals surface area contributed by atoms with Crippen molar-refractivity contribution in [2.24, 2.45) is 0 Å². The SMILES string of the molecule is CC(=O)Oc1cc(-c2cscn2)cs1. The molecule has 0 aliphatic heterocycles. The van der Waals surface area contributed by atoms with Gasteiger partial charge in [0.25, 0.3) is 0 Å².